The Morgan fingerprint density at radius 3 is 2.14 bits per heavy atom. The first-order chi connectivity index (χ1) is 17.6. The smallest absolute Gasteiger partial charge is 0.478 e. The summed E-state index contributed by atoms with van der Waals surface area (Å²) in [6.07, 6.45) is -2.76. The molecule has 3 N–H and O–H groups in total. The number of anilines is 2. The second kappa shape index (κ2) is 12.9. The van der Waals surface area contributed by atoms with Gasteiger partial charge in [0.2, 0.25) is 0 Å². The van der Waals surface area contributed by atoms with Crippen LogP contribution in [0.4, 0.5) is 24.5 Å². The fourth-order valence-electron chi connectivity index (χ4n) is 3.84. The first-order valence-corrected chi connectivity index (χ1v) is 11.7. The number of aromatic carboxylic acids is 1. The van der Waals surface area contributed by atoms with Crippen molar-refractivity contribution in [2.24, 2.45) is 4.99 Å². The van der Waals surface area contributed by atoms with Gasteiger partial charge in [0.1, 0.15) is 0 Å². The number of halogens is 3. The third kappa shape index (κ3) is 8.67. The zero-order chi connectivity index (χ0) is 26.8. The Morgan fingerprint density at radius 2 is 1.62 bits per heavy atom. The van der Waals surface area contributed by atoms with Crippen LogP contribution in [-0.2, 0) is 9.53 Å². The maximum Gasteiger partial charge on any atom is 0.490 e. The van der Waals surface area contributed by atoms with Gasteiger partial charge in [-0.3, -0.25) is 4.99 Å². The summed E-state index contributed by atoms with van der Waals surface area (Å²) < 4.78 is 37.5. The Morgan fingerprint density at radius 1 is 1.00 bits per heavy atom. The first-order valence-electron chi connectivity index (χ1n) is 11.7. The van der Waals surface area contributed by atoms with E-state index in [0.29, 0.717) is 6.54 Å². The van der Waals surface area contributed by atoms with Crippen molar-refractivity contribution in [2.45, 2.75) is 25.1 Å². The number of nitrogens with one attached hydrogen (secondary N) is 1. The minimum Gasteiger partial charge on any atom is -0.478 e. The predicted molar refractivity (Wildman–Crippen MR) is 132 cm³/mol. The summed E-state index contributed by atoms with van der Waals surface area (Å²) in [6.45, 7) is 5.01. The Bertz CT molecular complexity index is 1050. The van der Waals surface area contributed by atoms with E-state index < -0.39 is 18.1 Å². The molecule has 0 amide bonds. The molecule has 0 bridgehead atoms. The van der Waals surface area contributed by atoms with Gasteiger partial charge < -0.3 is 30.1 Å². The number of guanidine groups is 1. The van der Waals surface area contributed by atoms with E-state index in [4.69, 9.17) is 24.7 Å². The Kier molecular flexibility index (Phi) is 9.72. The summed E-state index contributed by atoms with van der Waals surface area (Å²) in [5, 5.41) is 19.6. The normalized spacial score (nSPS) is 18.1. The molecular weight excluding hydrogens is 493 g/mol. The van der Waals surface area contributed by atoms with Crippen molar-refractivity contribution < 1.29 is 37.7 Å². The molecule has 0 spiro atoms. The molecule has 2 aliphatic heterocycles. The number of hydrogen-bond donors (Lipinski definition) is 3. The number of nitrogens with zero attached hydrogens (tertiary/aromatic N) is 3. The number of aliphatic imine (C=N–C) groups is 1. The minimum atomic E-state index is -5.08. The van der Waals surface area contributed by atoms with Gasteiger partial charge in [0.25, 0.3) is 0 Å². The highest BCUT2D eigenvalue weighted by molar-refractivity contribution is 5.95. The molecule has 2 aliphatic rings. The molecule has 2 aromatic rings. The van der Waals surface area contributed by atoms with Gasteiger partial charge in [-0.1, -0.05) is 18.2 Å². The standard InChI is InChI=1S/C23H28N4O3.C2HF3O2/c28-22(29)18-8-10-19(11-9-18)25-23(24-17-21-7-4-16-30-21)27-14-12-26(13-15-27)20-5-2-1-3-6-20;3-2(4,5)1(6)7/h1-3,5-6,8-11,21H,4,7,12-17H2,(H,24,25)(H,28,29);(H,6,7). The zero-order valence-electron chi connectivity index (χ0n) is 20.0. The quantitative estimate of drug-likeness (QED) is 0.402. The van der Waals surface area contributed by atoms with Crippen LogP contribution in [0.15, 0.2) is 59.6 Å². The molecule has 0 saturated carbocycles. The molecule has 9 nitrogen and oxygen atoms in total. The molecule has 2 aromatic carbocycles. The highest BCUT2D eigenvalue weighted by Gasteiger charge is 2.38. The molecule has 12 heteroatoms. The van der Waals surface area contributed by atoms with Gasteiger partial charge >= 0.3 is 18.1 Å². The van der Waals surface area contributed by atoms with Crippen molar-refractivity contribution in [1.82, 2.24) is 4.90 Å². The Labute approximate surface area is 212 Å². The van der Waals surface area contributed by atoms with Gasteiger partial charge in [-0.2, -0.15) is 13.2 Å². The fraction of sp³-hybridized carbons (Fsp3) is 0.400. The Hall–Kier alpha value is -3.80. The number of benzene rings is 2. The lowest BCUT2D eigenvalue weighted by Crippen LogP contribution is -2.51. The molecule has 200 valence electrons. The topological polar surface area (TPSA) is 115 Å². The van der Waals surface area contributed by atoms with Crippen LogP contribution in [0.1, 0.15) is 23.2 Å². The number of rotatable bonds is 5. The van der Waals surface area contributed by atoms with E-state index in [0.717, 1.165) is 57.3 Å². The lowest BCUT2D eigenvalue weighted by Gasteiger charge is -2.37. The highest BCUT2D eigenvalue weighted by Crippen LogP contribution is 2.18. The number of ether oxygens (including phenoxy) is 1. The van der Waals surface area contributed by atoms with Crippen LogP contribution in [0, 0.1) is 0 Å². The maximum absolute atomic E-state index is 11.1. The van der Waals surface area contributed by atoms with Crippen LogP contribution in [0.5, 0.6) is 0 Å². The second-order valence-electron chi connectivity index (χ2n) is 8.42. The van der Waals surface area contributed by atoms with Crippen LogP contribution < -0.4 is 10.2 Å². The summed E-state index contributed by atoms with van der Waals surface area (Å²) in [5.41, 5.74) is 2.35. The van der Waals surface area contributed by atoms with E-state index in [2.05, 4.69) is 39.4 Å². The average molecular weight is 523 g/mol. The van der Waals surface area contributed by atoms with Crippen molar-refractivity contribution in [3.63, 3.8) is 0 Å². The molecule has 2 heterocycles. The summed E-state index contributed by atoms with van der Waals surface area (Å²) in [7, 11) is 0. The van der Waals surface area contributed by atoms with Crippen molar-refractivity contribution in [1.29, 1.82) is 0 Å². The lowest BCUT2D eigenvalue weighted by molar-refractivity contribution is -0.192. The monoisotopic (exact) mass is 522 g/mol. The van der Waals surface area contributed by atoms with Crippen molar-refractivity contribution in [3.8, 4) is 0 Å². The average Bonchev–Trinajstić information content (AvgIpc) is 3.41. The molecule has 2 saturated heterocycles. The maximum atomic E-state index is 11.1. The number of alkyl halides is 3. The van der Waals surface area contributed by atoms with Crippen molar-refractivity contribution >= 4 is 29.3 Å². The van der Waals surface area contributed by atoms with Crippen LogP contribution in [-0.4, -0.2) is 84.6 Å². The fourth-order valence-corrected chi connectivity index (χ4v) is 3.84. The van der Waals surface area contributed by atoms with Crippen LogP contribution in [0.2, 0.25) is 0 Å². The minimum absolute atomic E-state index is 0.182. The number of para-hydroxylation sites is 1. The molecular formula is C25H29F3N4O5. The van der Waals surface area contributed by atoms with Gasteiger partial charge in [0, 0.05) is 44.2 Å². The molecule has 4 rings (SSSR count). The zero-order valence-corrected chi connectivity index (χ0v) is 20.0. The lowest BCUT2D eigenvalue weighted by atomic mass is 10.2. The first kappa shape index (κ1) is 27.8. The number of carbonyl (C=O) groups is 2. The molecule has 37 heavy (non-hydrogen) atoms. The molecule has 2 fully saturated rings. The van der Waals surface area contributed by atoms with E-state index in [1.807, 2.05) is 6.07 Å². The molecule has 0 aromatic heterocycles. The van der Waals surface area contributed by atoms with E-state index in [-0.39, 0.29) is 11.7 Å². The van der Waals surface area contributed by atoms with Gasteiger partial charge in [-0.15, -0.1) is 0 Å². The highest BCUT2D eigenvalue weighted by atomic mass is 19.4. The van der Waals surface area contributed by atoms with Gasteiger partial charge in [-0.25, -0.2) is 9.59 Å². The predicted octanol–water partition coefficient (Wildman–Crippen LogP) is 3.79. The second-order valence-corrected chi connectivity index (χ2v) is 8.42. The summed E-state index contributed by atoms with van der Waals surface area (Å²) in [6, 6.07) is 17.2. The van der Waals surface area contributed by atoms with Crippen molar-refractivity contribution in [3.05, 3.63) is 60.2 Å². The molecule has 1 unspecified atom stereocenters. The van der Waals surface area contributed by atoms with Gasteiger partial charge in [0.05, 0.1) is 18.2 Å². The van der Waals surface area contributed by atoms with Crippen LogP contribution in [0.3, 0.4) is 0 Å². The third-order valence-corrected chi connectivity index (χ3v) is 5.80. The van der Waals surface area contributed by atoms with Crippen molar-refractivity contribution in [2.75, 3.05) is 49.5 Å². The number of hydrogen-bond acceptors (Lipinski definition) is 5. The van der Waals surface area contributed by atoms with Gasteiger partial charge in [0.15, 0.2) is 5.96 Å². The SMILES string of the molecule is O=C(O)C(F)(F)F.O=C(O)c1ccc(NC(=NCC2CCCO2)N2CCN(c3ccccc3)CC2)cc1. The largest absolute Gasteiger partial charge is 0.490 e. The Balaban J connectivity index is 0.000000479. The van der Waals surface area contributed by atoms with E-state index in [1.165, 1.54) is 5.69 Å². The van der Waals surface area contributed by atoms with E-state index in [9.17, 15) is 18.0 Å². The number of carboxylic acids is 2. The van der Waals surface area contributed by atoms with Crippen LogP contribution >= 0.6 is 0 Å². The number of carboxylic acid groups (broad SMARTS) is 2. The molecule has 0 aliphatic carbocycles. The summed E-state index contributed by atoms with van der Waals surface area (Å²) in [4.78, 5) is 29.5. The third-order valence-electron chi connectivity index (χ3n) is 5.80. The molecule has 1 atom stereocenters. The number of piperazine rings is 1. The summed E-state index contributed by atoms with van der Waals surface area (Å²) in [5.74, 6) is -2.86. The van der Waals surface area contributed by atoms with E-state index >= 15 is 0 Å². The molecule has 0 radical (unpaired) electrons. The summed E-state index contributed by atoms with van der Waals surface area (Å²) >= 11 is 0. The van der Waals surface area contributed by atoms with Gasteiger partial charge in [-0.05, 0) is 49.2 Å². The van der Waals surface area contributed by atoms with E-state index in [1.54, 1.807) is 24.3 Å². The number of aliphatic carboxylic acids is 1. The van der Waals surface area contributed by atoms with Crippen LogP contribution in [0.25, 0.3) is 0 Å².